The van der Waals surface area contributed by atoms with Gasteiger partial charge in [-0.05, 0) is 37.3 Å². The first kappa shape index (κ1) is 19.8. The molecule has 2 aromatic carbocycles. The number of esters is 2. The molecule has 29 heavy (non-hydrogen) atoms. The summed E-state index contributed by atoms with van der Waals surface area (Å²) < 4.78 is 9.16. The molecule has 0 bridgehead atoms. The molecule has 2 amide bonds. The molecule has 8 nitrogen and oxygen atoms in total. The van der Waals surface area contributed by atoms with Crippen molar-refractivity contribution in [3.8, 4) is 0 Å². The predicted molar refractivity (Wildman–Crippen MR) is 104 cm³/mol. The fourth-order valence-corrected chi connectivity index (χ4v) is 2.84. The molecule has 8 heteroatoms. The van der Waals surface area contributed by atoms with E-state index in [4.69, 9.17) is 0 Å². The molecule has 0 aliphatic carbocycles. The number of rotatable bonds is 5. The Balaban J connectivity index is 1.93. The third-order valence-corrected chi connectivity index (χ3v) is 4.33. The van der Waals surface area contributed by atoms with Crippen molar-refractivity contribution in [2.45, 2.75) is 6.92 Å². The molecule has 0 fully saturated rings. The number of ether oxygens (including phenoxy) is 2. The second-order valence-electron chi connectivity index (χ2n) is 6.24. The molecule has 1 heterocycles. The molecule has 3 rings (SSSR count). The lowest BCUT2D eigenvalue weighted by atomic mass is 10.1. The zero-order chi connectivity index (χ0) is 21.1. The average Bonchev–Trinajstić information content (AvgIpc) is 2.97. The Morgan fingerprint density at radius 3 is 2.21 bits per heavy atom. The Bertz CT molecular complexity index is 1040. The normalized spacial score (nSPS) is 13.2. The predicted octanol–water partition coefficient (Wildman–Crippen LogP) is 2.44. The molecule has 0 saturated carbocycles. The van der Waals surface area contributed by atoms with Crippen LogP contribution < -0.4 is 10.2 Å². The second-order valence-corrected chi connectivity index (χ2v) is 6.24. The number of fused-ring (bicyclic) bond motifs is 1. The second kappa shape index (κ2) is 7.97. The van der Waals surface area contributed by atoms with Gasteiger partial charge in [0.25, 0.3) is 11.8 Å². The van der Waals surface area contributed by atoms with Crippen molar-refractivity contribution >= 4 is 35.1 Å². The highest BCUT2D eigenvalue weighted by molar-refractivity contribution is 6.34. The summed E-state index contributed by atoms with van der Waals surface area (Å²) in [6.45, 7) is 1.91. The van der Waals surface area contributed by atoms with Crippen LogP contribution in [0.1, 0.15) is 26.3 Å². The van der Waals surface area contributed by atoms with Crippen molar-refractivity contribution in [1.82, 2.24) is 0 Å². The summed E-state index contributed by atoms with van der Waals surface area (Å²) in [6, 6.07) is 11.5. The van der Waals surface area contributed by atoms with E-state index in [-0.39, 0.29) is 16.8 Å². The molecule has 0 atom stereocenters. The Morgan fingerprint density at radius 2 is 1.59 bits per heavy atom. The summed E-state index contributed by atoms with van der Waals surface area (Å²) >= 11 is 0. The van der Waals surface area contributed by atoms with Gasteiger partial charge in [-0.15, -0.1) is 0 Å². The van der Waals surface area contributed by atoms with Crippen LogP contribution >= 0.6 is 0 Å². The third-order valence-electron chi connectivity index (χ3n) is 4.33. The highest BCUT2D eigenvalue weighted by Gasteiger charge is 2.36. The average molecular weight is 394 g/mol. The topological polar surface area (TPSA) is 102 Å². The molecule has 0 saturated heterocycles. The number of nitrogens with one attached hydrogen (secondary N) is 1. The van der Waals surface area contributed by atoms with Crippen LogP contribution in [-0.4, -0.2) is 38.0 Å². The van der Waals surface area contributed by atoms with Crippen molar-refractivity contribution < 1.29 is 28.7 Å². The number of imide groups is 1. The fraction of sp³-hybridized carbons (Fsp3) is 0.143. The van der Waals surface area contributed by atoms with Gasteiger partial charge in [0, 0.05) is 5.69 Å². The Morgan fingerprint density at radius 1 is 0.931 bits per heavy atom. The smallest absolute Gasteiger partial charge is 0.354 e. The Labute approximate surface area is 166 Å². The minimum atomic E-state index is -0.792. The van der Waals surface area contributed by atoms with Crippen LogP contribution in [0.25, 0.3) is 0 Å². The summed E-state index contributed by atoms with van der Waals surface area (Å²) in [6.07, 6.45) is 0.935. The molecular formula is C21H18N2O6. The van der Waals surface area contributed by atoms with E-state index >= 15 is 0 Å². The Hall–Kier alpha value is -3.94. The first-order valence-corrected chi connectivity index (χ1v) is 8.60. The van der Waals surface area contributed by atoms with E-state index < -0.39 is 23.8 Å². The fourth-order valence-electron chi connectivity index (χ4n) is 2.84. The highest BCUT2D eigenvalue weighted by Crippen LogP contribution is 2.30. The molecular weight excluding hydrogens is 376 g/mol. The minimum Gasteiger partial charge on any atom is -0.466 e. The van der Waals surface area contributed by atoms with Gasteiger partial charge in [-0.1, -0.05) is 17.7 Å². The maximum absolute atomic E-state index is 12.8. The molecule has 0 radical (unpaired) electrons. The van der Waals surface area contributed by atoms with E-state index in [1.807, 2.05) is 19.1 Å². The lowest BCUT2D eigenvalue weighted by molar-refractivity contribution is -0.138. The van der Waals surface area contributed by atoms with Crippen molar-refractivity contribution in [2.24, 2.45) is 0 Å². The first-order chi connectivity index (χ1) is 13.8. The SMILES string of the molecule is COC(=O)/C=C(/Nc1ccc2c(c1)C(=O)N(c1ccc(C)cc1)C2=O)C(=O)OC. The highest BCUT2D eigenvalue weighted by atomic mass is 16.5. The van der Waals surface area contributed by atoms with Crippen LogP contribution in [0.2, 0.25) is 0 Å². The zero-order valence-electron chi connectivity index (χ0n) is 16.0. The first-order valence-electron chi connectivity index (χ1n) is 8.60. The number of hydrogen-bond acceptors (Lipinski definition) is 7. The van der Waals surface area contributed by atoms with E-state index in [9.17, 15) is 19.2 Å². The summed E-state index contributed by atoms with van der Waals surface area (Å²) in [5.41, 5.74) is 2.06. The maximum Gasteiger partial charge on any atom is 0.354 e. The van der Waals surface area contributed by atoms with Crippen molar-refractivity contribution in [3.05, 3.63) is 70.9 Å². The molecule has 2 aromatic rings. The number of hydrogen-bond donors (Lipinski definition) is 1. The van der Waals surface area contributed by atoms with E-state index in [1.165, 1.54) is 32.4 Å². The van der Waals surface area contributed by atoms with Gasteiger partial charge in [0.05, 0.1) is 37.1 Å². The van der Waals surface area contributed by atoms with Gasteiger partial charge in [0.15, 0.2) is 0 Å². The van der Waals surface area contributed by atoms with E-state index in [2.05, 4.69) is 14.8 Å². The van der Waals surface area contributed by atoms with Crippen molar-refractivity contribution in [2.75, 3.05) is 24.4 Å². The van der Waals surface area contributed by atoms with Crippen LogP contribution in [-0.2, 0) is 19.1 Å². The van der Waals surface area contributed by atoms with Crippen molar-refractivity contribution in [1.29, 1.82) is 0 Å². The van der Waals surface area contributed by atoms with Gasteiger partial charge in [-0.3, -0.25) is 9.59 Å². The van der Waals surface area contributed by atoms with Crippen LogP contribution in [0.4, 0.5) is 11.4 Å². The van der Waals surface area contributed by atoms with Gasteiger partial charge < -0.3 is 14.8 Å². The minimum absolute atomic E-state index is 0.175. The lowest BCUT2D eigenvalue weighted by Gasteiger charge is -2.13. The molecule has 0 aromatic heterocycles. The number of carbonyl (C=O) groups is 4. The van der Waals surface area contributed by atoms with Crippen molar-refractivity contribution in [3.63, 3.8) is 0 Å². The van der Waals surface area contributed by atoms with Gasteiger partial charge in [-0.2, -0.15) is 0 Å². The molecule has 1 N–H and O–H groups in total. The number of benzene rings is 2. The summed E-state index contributed by atoms with van der Waals surface area (Å²) in [5.74, 6) is -2.46. The van der Waals surface area contributed by atoms with Gasteiger partial charge in [-0.25, -0.2) is 14.5 Å². The largest absolute Gasteiger partial charge is 0.466 e. The molecule has 148 valence electrons. The standard InChI is InChI=1S/C21H18N2O6/c1-12-4-7-14(8-5-12)23-19(25)15-9-6-13(10-16(15)20(23)26)22-17(21(27)29-3)11-18(24)28-2/h4-11,22H,1-3H3/b17-11+. The Kier molecular flexibility index (Phi) is 5.45. The van der Waals surface area contributed by atoms with Gasteiger partial charge in [0.2, 0.25) is 0 Å². The van der Waals surface area contributed by atoms with Crippen LogP contribution in [0.3, 0.4) is 0 Å². The molecule has 1 aliphatic heterocycles. The summed E-state index contributed by atoms with van der Waals surface area (Å²) in [5, 5.41) is 2.73. The third kappa shape index (κ3) is 3.86. The number of anilines is 2. The molecule has 0 unspecified atom stereocenters. The summed E-state index contributed by atoms with van der Waals surface area (Å²) in [4.78, 5) is 50.0. The van der Waals surface area contributed by atoms with Crippen LogP contribution in [0.15, 0.2) is 54.2 Å². The lowest BCUT2D eigenvalue weighted by Crippen LogP contribution is -2.29. The summed E-state index contributed by atoms with van der Waals surface area (Å²) in [7, 11) is 2.34. The van der Waals surface area contributed by atoms with E-state index in [0.29, 0.717) is 11.4 Å². The van der Waals surface area contributed by atoms with Gasteiger partial charge >= 0.3 is 11.9 Å². The van der Waals surface area contributed by atoms with E-state index in [1.54, 1.807) is 12.1 Å². The van der Waals surface area contributed by atoms with E-state index in [0.717, 1.165) is 16.5 Å². The number of nitrogens with zero attached hydrogens (tertiary/aromatic N) is 1. The number of amides is 2. The number of carbonyl (C=O) groups excluding carboxylic acids is 4. The monoisotopic (exact) mass is 394 g/mol. The zero-order valence-corrected chi connectivity index (χ0v) is 16.0. The number of aryl methyl sites for hydroxylation is 1. The van der Waals surface area contributed by atoms with Gasteiger partial charge in [0.1, 0.15) is 5.70 Å². The molecule has 0 spiro atoms. The molecule has 1 aliphatic rings. The number of methoxy groups -OCH3 is 2. The van der Waals surface area contributed by atoms with Crippen LogP contribution in [0.5, 0.6) is 0 Å². The van der Waals surface area contributed by atoms with Crippen LogP contribution in [0, 0.1) is 6.92 Å². The maximum atomic E-state index is 12.8. The quantitative estimate of drug-likeness (QED) is 0.472.